The normalized spacial score (nSPS) is 27.3. The van der Waals surface area contributed by atoms with E-state index < -0.39 is 32.9 Å². The Bertz CT molecular complexity index is 326. The molecular weight excluding hydrogens is 222 g/mol. The van der Waals surface area contributed by atoms with E-state index in [0.29, 0.717) is 13.0 Å². The Morgan fingerprint density at radius 3 is 2.80 bits per heavy atom. The fourth-order valence-electron chi connectivity index (χ4n) is 1.43. The number of carbonyl (C=O) groups is 1. The first-order chi connectivity index (χ1) is 6.97. The van der Waals surface area contributed by atoms with Crippen LogP contribution in [-0.4, -0.2) is 51.8 Å². The average molecular weight is 237 g/mol. The van der Waals surface area contributed by atoms with Gasteiger partial charge in [0.2, 0.25) is 0 Å². The van der Waals surface area contributed by atoms with Gasteiger partial charge >= 0.3 is 5.97 Å². The number of carbonyl (C=O) groups excluding carboxylic acids is 1. The van der Waals surface area contributed by atoms with Crippen LogP contribution in [0.25, 0.3) is 0 Å². The topological polar surface area (TPSA) is 95.7 Å². The lowest BCUT2D eigenvalue weighted by Gasteiger charge is -2.27. The summed E-state index contributed by atoms with van der Waals surface area (Å²) >= 11 is 0. The largest absolute Gasteiger partial charge is 0.468 e. The van der Waals surface area contributed by atoms with Crippen LogP contribution in [0.1, 0.15) is 6.42 Å². The van der Waals surface area contributed by atoms with Crippen molar-refractivity contribution >= 4 is 15.8 Å². The molecule has 6 nitrogen and oxygen atoms in total. The van der Waals surface area contributed by atoms with E-state index in [2.05, 4.69) is 4.74 Å². The van der Waals surface area contributed by atoms with Crippen LogP contribution >= 0.6 is 0 Å². The van der Waals surface area contributed by atoms with Crippen LogP contribution in [-0.2, 0) is 24.1 Å². The number of rotatable bonds is 3. The van der Waals surface area contributed by atoms with Crippen molar-refractivity contribution in [3.05, 3.63) is 0 Å². The Kier molecular flexibility index (Phi) is 4.06. The molecule has 1 rings (SSSR count). The summed E-state index contributed by atoms with van der Waals surface area (Å²) in [6.07, 6.45) is 0.491. The predicted octanol–water partition coefficient (Wildman–Crippen LogP) is -1.31. The molecule has 1 saturated heterocycles. The van der Waals surface area contributed by atoms with Gasteiger partial charge in [0, 0.05) is 12.6 Å². The maximum atomic E-state index is 11.7. The lowest BCUT2D eigenvalue weighted by atomic mass is 10.1. The van der Waals surface area contributed by atoms with Crippen molar-refractivity contribution in [2.75, 3.05) is 26.1 Å². The van der Waals surface area contributed by atoms with Crippen LogP contribution in [0.4, 0.5) is 0 Å². The van der Waals surface area contributed by atoms with E-state index in [4.69, 9.17) is 10.5 Å². The maximum Gasteiger partial charge on any atom is 0.320 e. The summed E-state index contributed by atoms with van der Waals surface area (Å²) in [5, 5.41) is -0.801. The van der Waals surface area contributed by atoms with E-state index in [0.717, 1.165) is 7.11 Å². The van der Waals surface area contributed by atoms with Crippen LogP contribution in [0.15, 0.2) is 0 Å². The molecule has 0 aromatic rings. The first-order valence-corrected chi connectivity index (χ1v) is 6.30. The SMILES string of the molecule is COC(=O)CS(=O)(=O)C1COCCC1N. The second-order valence-corrected chi connectivity index (χ2v) is 5.67. The van der Waals surface area contributed by atoms with Crippen molar-refractivity contribution < 1.29 is 22.7 Å². The highest BCUT2D eigenvalue weighted by Gasteiger charge is 2.35. The highest BCUT2D eigenvalue weighted by Crippen LogP contribution is 2.14. The summed E-state index contributed by atoms with van der Waals surface area (Å²) in [4.78, 5) is 10.9. The standard InChI is InChI=1S/C8H15NO5S/c1-13-8(10)5-15(11,12)7-4-14-3-2-6(7)9/h6-7H,2-5,9H2,1H3. The van der Waals surface area contributed by atoms with Gasteiger partial charge in [0.15, 0.2) is 9.84 Å². The molecule has 1 heterocycles. The molecule has 0 spiro atoms. The predicted molar refractivity (Wildman–Crippen MR) is 53.0 cm³/mol. The van der Waals surface area contributed by atoms with Gasteiger partial charge in [0.05, 0.1) is 13.7 Å². The molecule has 88 valence electrons. The van der Waals surface area contributed by atoms with E-state index in [1.807, 2.05) is 0 Å². The molecule has 2 unspecified atom stereocenters. The smallest absolute Gasteiger partial charge is 0.320 e. The molecule has 0 saturated carbocycles. The zero-order valence-electron chi connectivity index (χ0n) is 8.51. The van der Waals surface area contributed by atoms with Gasteiger partial charge in [-0.1, -0.05) is 0 Å². The van der Waals surface area contributed by atoms with Crippen LogP contribution in [0, 0.1) is 0 Å². The molecule has 2 N–H and O–H groups in total. The van der Waals surface area contributed by atoms with Crippen LogP contribution in [0.2, 0.25) is 0 Å². The Morgan fingerprint density at radius 2 is 2.27 bits per heavy atom. The molecule has 0 aliphatic carbocycles. The van der Waals surface area contributed by atoms with Gasteiger partial charge in [-0.3, -0.25) is 4.79 Å². The van der Waals surface area contributed by atoms with Crippen molar-refractivity contribution in [2.45, 2.75) is 17.7 Å². The quantitative estimate of drug-likeness (QED) is 0.612. The summed E-state index contributed by atoms with van der Waals surface area (Å²) in [6.45, 7) is 0.520. The Labute approximate surface area is 88.6 Å². The van der Waals surface area contributed by atoms with Crippen molar-refractivity contribution in [3.63, 3.8) is 0 Å². The second kappa shape index (κ2) is 4.91. The van der Waals surface area contributed by atoms with Gasteiger partial charge in [0.25, 0.3) is 0 Å². The number of ether oxygens (including phenoxy) is 2. The van der Waals surface area contributed by atoms with E-state index >= 15 is 0 Å². The first-order valence-electron chi connectivity index (χ1n) is 4.59. The fraction of sp³-hybridized carbons (Fsp3) is 0.875. The van der Waals surface area contributed by atoms with E-state index in [-0.39, 0.29) is 6.61 Å². The molecule has 15 heavy (non-hydrogen) atoms. The fourth-order valence-corrected chi connectivity index (χ4v) is 3.06. The van der Waals surface area contributed by atoms with Crippen LogP contribution in [0.3, 0.4) is 0 Å². The van der Waals surface area contributed by atoms with E-state index in [1.165, 1.54) is 0 Å². The number of hydrogen-bond donors (Lipinski definition) is 1. The maximum absolute atomic E-state index is 11.7. The van der Waals surface area contributed by atoms with Crippen LogP contribution in [0.5, 0.6) is 0 Å². The molecule has 0 aromatic heterocycles. The minimum absolute atomic E-state index is 0.0560. The van der Waals surface area contributed by atoms with Gasteiger partial charge < -0.3 is 15.2 Å². The zero-order chi connectivity index (χ0) is 11.5. The number of nitrogens with two attached hydrogens (primary N) is 1. The average Bonchev–Trinajstić information content (AvgIpc) is 2.17. The monoisotopic (exact) mass is 237 g/mol. The third-order valence-electron chi connectivity index (χ3n) is 2.36. The summed E-state index contributed by atoms with van der Waals surface area (Å²) in [7, 11) is -2.42. The van der Waals surface area contributed by atoms with E-state index in [9.17, 15) is 13.2 Å². The van der Waals surface area contributed by atoms with Gasteiger partial charge in [-0.2, -0.15) is 0 Å². The molecule has 0 radical (unpaired) electrons. The molecular formula is C8H15NO5S. The van der Waals surface area contributed by atoms with Crippen molar-refractivity contribution in [1.29, 1.82) is 0 Å². The Balaban J connectivity index is 2.71. The van der Waals surface area contributed by atoms with Crippen molar-refractivity contribution in [3.8, 4) is 0 Å². The number of methoxy groups -OCH3 is 1. The molecule has 1 aliphatic heterocycles. The molecule has 7 heteroatoms. The van der Waals surface area contributed by atoms with Crippen LogP contribution < -0.4 is 5.73 Å². The summed E-state index contributed by atoms with van der Waals surface area (Å²) < 4.78 is 32.8. The molecule has 1 fully saturated rings. The summed E-state index contributed by atoms with van der Waals surface area (Å²) in [5.41, 5.74) is 5.67. The molecule has 0 aromatic carbocycles. The molecule has 1 aliphatic rings. The van der Waals surface area contributed by atoms with Crippen molar-refractivity contribution in [1.82, 2.24) is 0 Å². The molecule has 0 bridgehead atoms. The van der Waals surface area contributed by atoms with Gasteiger partial charge in [0.1, 0.15) is 11.0 Å². The lowest BCUT2D eigenvalue weighted by Crippen LogP contribution is -2.49. The minimum atomic E-state index is -3.57. The Hall–Kier alpha value is -0.660. The zero-order valence-corrected chi connectivity index (χ0v) is 9.33. The third kappa shape index (κ3) is 3.15. The number of sulfone groups is 1. The minimum Gasteiger partial charge on any atom is -0.468 e. The summed E-state index contributed by atoms with van der Waals surface area (Å²) in [5.74, 6) is -1.40. The third-order valence-corrected chi connectivity index (χ3v) is 4.41. The lowest BCUT2D eigenvalue weighted by molar-refractivity contribution is -0.137. The van der Waals surface area contributed by atoms with E-state index in [1.54, 1.807) is 0 Å². The second-order valence-electron chi connectivity index (χ2n) is 3.45. The molecule has 0 amide bonds. The van der Waals surface area contributed by atoms with Gasteiger partial charge in [-0.15, -0.1) is 0 Å². The molecule has 2 atom stereocenters. The highest BCUT2D eigenvalue weighted by atomic mass is 32.2. The van der Waals surface area contributed by atoms with Gasteiger partial charge in [-0.25, -0.2) is 8.42 Å². The highest BCUT2D eigenvalue weighted by molar-refractivity contribution is 7.92. The first kappa shape index (κ1) is 12.4. The number of hydrogen-bond acceptors (Lipinski definition) is 6. The Morgan fingerprint density at radius 1 is 1.60 bits per heavy atom. The summed E-state index contributed by atoms with van der Waals surface area (Å²) in [6, 6.07) is -0.464. The van der Waals surface area contributed by atoms with Gasteiger partial charge in [-0.05, 0) is 6.42 Å². The van der Waals surface area contributed by atoms with Crippen molar-refractivity contribution in [2.24, 2.45) is 5.73 Å². The number of esters is 1.